The maximum Gasteiger partial charge on any atom is 0.0496 e. The van der Waals surface area contributed by atoms with Crippen LogP contribution in [-0.2, 0) is 0 Å². The Hall–Kier alpha value is -1.31. The van der Waals surface area contributed by atoms with Gasteiger partial charge in [-0.15, -0.1) is 0 Å². The van der Waals surface area contributed by atoms with Crippen LogP contribution in [-0.4, -0.2) is 9.78 Å². The minimum Gasteiger partial charge on any atom is -0.242 e. The van der Waals surface area contributed by atoms with Crippen LogP contribution in [0.4, 0.5) is 0 Å². The quantitative estimate of drug-likeness (QED) is 0.665. The minimum absolute atomic E-state index is 0.974. The molecule has 0 atom stereocenters. The van der Waals surface area contributed by atoms with Gasteiger partial charge in [0.25, 0.3) is 0 Å². The zero-order valence-electron chi connectivity index (χ0n) is 9.25. The van der Waals surface area contributed by atoms with Crippen molar-refractivity contribution in [1.29, 1.82) is 0 Å². The maximum atomic E-state index is 4.28. The molecule has 2 heteroatoms. The van der Waals surface area contributed by atoms with E-state index in [1.807, 2.05) is 16.9 Å². The highest BCUT2D eigenvalue weighted by atomic mass is 15.3. The van der Waals surface area contributed by atoms with Crippen LogP contribution in [0.2, 0.25) is 0 Å². The number of hydrogen-bond acceptors (Lipinski definition) is 1. The molecule has 76 valence electrons. The fourth-order valence-corrected chi connectivity index (χ4v) is 1.32. The summed E-state index contributed by atoms with van der Waals surface area (Å²) in [4.78, 5) is 0. The molecular weight excluding hydrogens is 172 g/mol. The predicted molar refractivity (Wildman–Crippen MR) is 61.0 cm³/mol. The third-order valence-electron chi connectivity index (χ3n) is 2.29. The Bertz CT molecular complexity index is 345. The fraction of sp³-hybridized carbons (Fsp3) is 0.417. The van der Waals surface area contributed by atoms with E-state index in [1.54, 1.807) is 0 Å². The fourth-order valence-electron chi connectivity index (χ4n) is 1.32. The Morgan fingerprint density at radius 2 is 2.21 bits per heavy atom. The second kappa shape index (κ2) is 4.80. The Labute approximate surface area is 85.9 Å². The lowest BCUT2D eigenvalue weighted by atomic mass is 10.2. The second-order valence-electron chi connectivity index (χ2n) is 3.39. The van der Waals surface area contributed by atoms with Gasteiger partial charge in [0, 0.05) is 17.6 Å². The SMILES string of the molecule is C=C(/C=C(/CC)n1nccc1C)CC. The van der Waals surface area contributed by atoms with Gasteiger partial charge >= 0.3 is 0 Å². The van der Waals surface area contributed by atoms with Gasteiger partial charge in [0.05, 0.1) is 0 Å². The van der Waals surface area contributed by atoms with E-state index in [1.165, 1.54) is 11.4 Å². The van der Waals surface area contributed by atoms with Gasteiger partial charge in [-0.25, -0.2) is 4.68 Å². The van der Waals surface area contributed by atoms with Crippen molar-refractivity contribution in [2.24, 2.45) is 0 Å². The van der Waals surface area contributed by atoms with Crippen LogP contribution in [0.15, 0.2) is 30.5 Å². The van der Waals surface area contributed by atoms with Gasteiger partial charge in [0.2, 0.25) is 0 Å². The lowest BCUT2D eigenvalue weighted by Crippen LogP contribution is -2.00. The lowest BCUT2D eigenvalue weighted by Gasteiger charge is -2.08. The molecular formula is C12H18N2. The molecule has 0 spiro atoms. The summed E-state index contributed by atoms with van der Waals surface area (Å²) in [6.07, 6.45) is 5.92. The van der Waals surface area contributed by atoms with E-state index in [2.05, 4.69) is 38.5 Å². The molecule has 0 radical (unpaired) electrons. The summed E-state index contributed by atoms with van der Waals surface area (Å²) in [5, 5.41) is 4.28. The number of nitrogens with zero attached hydrogens (tertiary/aromatic N) is 2. The third-order valence-corrected chi connectivity index (χ3v) is 2.29. The Kier molecular flexibility index (Phi) is 3.69. The highest BCUT2D eigenvalue weighted by molar-refractivity contribution is 5.49. The van der Waals surface area contributed by atoms with Crippen LogP contribution in [0, 0.1) is 6.92 Å². The molecule has 0 amide bonds. The number of aryl methyl sites for hydroxylation is 1. The van der Waals surface area contributed by atoms with E-state index in [9.17, 15) is 0 Å². The van der Waals surface area contributed by atoms with E-state index in [0.717, 1.165) is 18.4 Å². The van der Waals surface area contributed by atoms with Crippen LogP contribution >= 0.6 is 0 Å². The zero-order valence-corrected chi connectivity index (χ0v) is 9.25. The summed E-state index contributed by atoms with van der Waals surface area (Å²) < 4.78 is 1.97. The van der Waals surface area contributed by atoms with Crippen molar-refractivity contribution in [2.75, 3.05) is 0 Å². The van der Waals surface area contributed by atoms with Crippen LogP contribution in [0.25, 0.3) is 5.70 Å². The summed E-state index contributed by atoms with van der Waals surface area (Å²) in [5.74, 6) is 0. The van der Waals surface area contributed by atoms with Crippen molar-refractivity contribution < 1.29 is 0 Å². The van der Waals surface area contributed by atoms with E-state index < -0.39 is 0 Å². The third kappa shape index (κ3) is 2.34. The van der Waals surface area contributed by atoms with Gasteiger partial charge in [0.1, 0.15) is 0 Å². The lowest BCUT2D eigenvalue weighted by molar-refractivity contribution is 0.833. The molecule has 0 aromatic carbocycles. The van der Waals surface area contributed by atoms with E-state index in [4.69, 9.17) is 0 Å². The van der Waals surface area contributed by atoms with Crippen molar-refractivity contribution >= 4 is 5.70 Å². The molecule has 0 N–H and O–H groups in total. The van der Waals surface area contributed by atoms with E-state index >= 15 is 0 Å². The average molecular weight is 190 g/mol. The molecule has 1 aromatic heterocycles. The largest absolute Gasteiger partial charge is 0.242 e. The highest BCUT2D eigenvalue weighted by Crippen LogP contribution is 2.14. The second-order valence-corrected chi connectivity index (χ2v) is 3.39. The maximum absolute atomic E-state index is 4.28. The summed E-state index contributed by atoms with van der Waals surface area (Å²) >= 11 is 0. The van der Waals surface area contributed by atoms with Crippen molar-refractivity contribution in [1.82, 2.24) is 9.78 Å². The Balaban J connectivity index is 2.98. The molecule has 0 saturated heterocycles. The van der Waals surface area contributed by atoms with Crippen LogP contribution < -0.4 is 0 Å². The summed E-state index contributed by atoms with van der Waals surface area (Å²) in [7, 11) is 0. The number of rotatable bonds is 4. The predicted octanol–water partition coefficient (Wildman–Crippen LogP) is 3.41. The van der Waals surface area contributed by atoms with Crippen LogP contribution in [0.1, 0.15) is 32.4 Å². The molecule has 1 heterocycles. The topological polar surface area (TPSA) is 17.8 Å². The number of hydrogen-bond donors (Lipinski definition) is 0. The monoisotopic (exact) mass is 190 g/mol. The zero-order chi connectivity index (χ0) is 10.6. The molecule has 0 aliphatic rings. The van der Waals surface area contributed by atoms with Gasteiger partial charge in [-0.1, -0.05) is 26.0 Å². The molecule has 2 nitrogen and oxygen atoms in total. The summed E-state index contributed by atoms with van der Waals surface area (Å²) in [5.41, 5.74) is 3.53. The molecule has 0 aliphatic carbocycles. The van der Waals surface area contributed by atoms with Gasteiger partial charge in [-0.05, 0) is 31.9 Å². The molecule has 0 unspecified atom stereocenters. The first-order valence-corrected chi connectivity index (χ1v) is 5.08. The number of allylic oxidation sites excluding steroid dienone is 3. The molecule has 0 saturated carbocycles. The van der Waals surface area contributed by atoms with Crippen molar-refractivity contribution in [3.63, 3.8) is 0 Å². The van der Waals surface area contributed by atoms with E-state index in [-0.39, 0.29) is 0 Å². The van der Waals surface area contributed by atoms with Crippen molar-refractivity contribution in [3.8, 4) is 0 Å². The normalized spacial score (nSPS) is 11.8. The van der Waals surface area contributed by atoms with Crippen molar-refractivity contribution in [2.45, 2.75) is 33.6 Å². The van der Waals surface area contributed by atoms with Gasteiger partial charge in [-0.3, -0.25) is 0 Å². The molecule has 1 aromatic rings. The average Bonchev–Trinajstić information content (AvgIpc) is 2.60. The van der Waals surface area contributed by atoms with Gasteiger partial charge < -0.3 is 0 Å². The van der Waals surface area contributed by atoms with E-state index in [0.29, 0.717) is 0 Å². The molecule has 0 aliphatic heterocycles. The molecule has 1 rings (SSSR count). The smallest absolute Gasteiger partial charge is 0.0496 e. The molecule has 14 heavy (non-hydrogen) atoms. The summed E-state index contributed by atoms with van der Waals surface area (Å²) in [6, 6.07) is 2.01. The summed E-state index contributed by atoms with van der Waals surface area (Å²) in [6.45, 7) is 10.3. The molecule has 0 fully saturated rings. The number of aromatic nitrogens is 2. The van der Waals surface area contributed by atoms with Gasteiger partial charge in [0.15, 0.2) is 0 Å². The molecule has 0 bridgehead atoms. The minimum atomic E-state index is 0.974. The standard InChI is InChI=1S/C12H18N2/c1-5-10(3)9-12(6-2)14-11(4)7-8-13-14/h7-9H,3,5-6H2,1-2,4H3/b12-9-. The van der Waals surface area contributed by atoms with Crippen LogP contribution in [0.5, 0.6) is 0 Å². The van der Waals surface area contributed by atoms with Crippen LogP contribution in [0.3, 0.4) is 0 Å². The van der Waals surface area contributed by atoms with Gasteiger partial charge in [-0.2, -0.15) is 5.10 Å². The van der Waals surface area contributed by atoms with Crippen molar-refractivity contribution in [3.05, 3.63) is 36.2 Å². The Morgan fingerprint density at radius 1 is 1.50 bits per heavy atom. The Morgan fingerprint density at radius 3 is 2.64 bits per heavy atom. The first kappa shape index (κ1) is 10.8. The first-order valence-electron chi connectivity index (χ1n) is 5.08. The highest BCUT2D eigenvalue weighted by Gasteiger charge is 2.01. The first-order chi connectivity index (χ1) is 6.69.